The molecule has 0 bridgehead atoms. The number of hydrogen-bond donors (Lipinski definition) is 2. The Hall–Kier alpha value is -2.82. The van der Waals surface area contributed by atoms with Crippen LogP contribution in [0.25, 0.3) is 17.0 Å². The van der Waals surface area contributed by atoms with Gasteiger partial charge in [-0.3, -0.25) is 4.40 Å². The lowest BCUT2D eigenvalue weighted by atomic mass is 10.0. The van der Waals surface area contributed by atoms with E-state index in [4.69, 9.17) is 0 Å². The minimum Gasteiger partial charge on any atom is -0.365 e. The highest BCUT2D eigenvalue weighted by Crippen LogP contribution is 2.32. The molecule has 0 aliphatic carbocycles. The van der Waals surface area contributed by atoms with E-state index in [1.807, 2.05) is 0 Å². The van der Waals surface area contributed by atoms with Crippen molar-refractivity contribution in [1.29, 1.82) is 0 Å². The van der Waals surface area contributed by atoms with Gasteiger partial charge in [0.1, 0.15) is 11.5 Å². The maximum absolute atomic E-state index is 13.1. The number of fused-ring (bicyclic) bond motifs is 1. The Morgan fingerprint density at radius 1 is 1.14 bits per heavy atom. The Bertz CT molecular complexity index is 986. The molecule has 1 aliphatic heterocycles. The monoisotopic (exact) mass is 398 g/mol. The Morgan fingerprint density at radius 3 is 2.71 bits per heavy atom. The second-order valence-corrected chi connectivity index (χ2v) is 6.45. The van der Waals surface area contributed by atoms with Gasteiger partial charge < -0.3 is 10.6 Å². The number of rotatable bonds is 4. The predicted octanol–water partition coefficient (Wildman–Crippen LogP) is 3.29. The summed E-state index contributed by atoms with van der Waals surface area (Å²) < 4.78 is 66.7. The molecule has 148 valence electrons. The molecule has 0 spiro atoms. The van der Waals surface area contributed by atoms with Crippen molar-refractivity contribution in [2.45, 2.75) is 18.6 Å². The molecule has 3 aromatic heterocycles. The van der Waals surface area contributed by atoms with Crippen molar-refractivity contribution >= 4 is 11.5 Å². The van der Waals surface area contributed by atoms with Crippen LogP contribution in [-0.4, -0.2) is 44.7 Å². The molecule has 1 saturated heterocycles. The second-order valence-electron chi connectivity index (χ2n) is 6.45. The van der Waals surface area contributed by atoms with Gasteiger partial charge in [-0.25, -0.2) is 23.7 Å². The van der Waals surface area contributed by atoms with Gasteiger partial charge >= 0.3 is 6.18 Å². The van der Waals surface area contributed by atoms with Gasteiger partial charge in [0, 0.05) is 19.3 Å². The first kappa shape index (κ1) is 18.5. The number of hydrogen-bond acceptors (Lipinski definition) is 5. The van der Waals surface area contributed by atoms with Gasteiger partial charge in [0.25, 0.3) is 6.43 Å². The van der Waals surface area contributed by atoms with E-state index >= 15 is 0 Å². The summed E-state index contributed by atoms with van der Waals surface area (Å²) in [6.45, 7) is 0.00659. The molecular formula is C17H15F5N6. The van der Waals surface area contributed by atoms with E-state index in [-0.39, 0.29) is 18.9 Å². The molecule has 0 amide bonds. The van der Waals surface area contributed by atoms with Crippen LogP contribution in [0.4, 0.5) is 27.8 Å². The van der Waals surface area contributed by atoms with Gasteiger partial charge in [0.15, 0.2) is 5.65 Å². The first-order valence-electron chi connectivity index (χ1n) is 8.45. The molecule has 0 saturated carbocycles. The van der Waals surface area contributed by atoms with Gasteiger partial charge in [-0.1, -0.05) is 6.07 Å². The topological polar surface area (TPSA) is 67.1 Å². The highest BCUT2D eigenvalue weighted by atomic mass is 19.4. The van der Waals surface area contributed by atoms with E-state index in [1.165, 1.54) is 23.0 Å². The van der Waals surface area contributed by atoms with E-state index in [0.29, 0.717) is 17.0 Å². The molecule has 1 aliphatic rings. The third-order valence-corrected chi connectivity index (χ3v) is 4.62. The first-order chi connectivity index (χ1) is 13.3. The molecule has 0 aromatic carbocycles. The average molecular weight is 398 g/mol. The summed E-state index contributed by atoms with van der Waals surface area (Å²) in [6.07, 6.45) is -3.21. The van der Waals surface area contributed by atoms with Gasteiger partial charge in [0.2, 0.25) is 0 Å². The van der Waals surface area contributed by atoms with E-state index in [2.05, 4.69) is 25.6 Å². The standard InChI is InChI=1S/C17H15F5N6/c18-16(19)12-8-28-13(6-25-15(28)7-24-12)10-2-1-3-14(26-10)27-11-5-23-4-9(11)17(20,21)22/h1-3,6-9,11,16,23H,4-5H2,(H,26,27). The van der Waals surface area contributed by atoms with Crippen LogP contribution in [-0.2, 0) is 0 Å². The lowest BCUT2D eigenvalue weighted by Gasteiger charge is -2.22. The normalized spacial score (nSPS) is 20.2. The SMILES string of the molecule is FC(F)c1cn2c(-c3cccc(NC4CNCC4C(F)(F)F)n3)cnc2cn1. The smallest absolute Gasteiger partial charge is 0.365 e. The third-order valence-electron chi connectivity index (χ3n) is 4.62. The van der Waals surface area contributed by atoms with Gasteiger partial charge in [-0.15, -0.1) is 0 Å². The quantitative estimate of drug-likeness (QED) is 0.661. The fourth-order valence-corrected chi connectivity index (χ4v) is 3.23. The summed E-state index contributed by atoms with van der Waals surface area (Å²) in [4.78, 5) is 12.1. The fraction of sp³-hybridized carbons (Fsp3) is 0.353. The number of halogens is 5. The van der Waals surface area contributed by atoms with Crippen LogP contribution < -0.4 is 10.6 Å². The van der Waals surface area contributed by atoms with Gasteiger partial charge in [0.05, 0.1) is 35.7 Å². The zero-order valence-corrected chi connectivity index (χ0v) is 14.3. The van der Waals surface area contributed by atoms with Crippen molar-refractivity contribution in [3.63, 3.8) is 0 Å². The number of nitrogens with one attached hydrogen (secondary N) is 2. The lowest BCUT2D eigenvalue weighted by Crippen LogP contribution is -2.38. The van der Waals surface area contributed by atoms with Crippen LogP contribution >= 0.6 is 0 Å². The van der Waals surface area contributed by atoms with E-state index < -0.39 is 30.3 Å². The average Bonchev–Trinajstić information content (AvgIpc) is 3.27. The predicted molar refractivity (Wildman–Crippen MR) is 91.0 cm³/mol. The van der Waals surface area contributed by atoms with E-state index in [0.717, 1.165) is 0 Å². The number of anilines is 1. The van der Waals surface area contributed by atoms with Gasteiger partial charge in [-0.05, 0) is 12.1 Å². The van der Waals surface area contributed by atoms with E-state index in [1.54, 1.807) is 18.2 Å². The van der Waals surface area contributed by atoms with Gasteiger partial charge in [-0.2, -0.15) is 13.2 Å². The zero-order chi connectivity index (χ0) is 19.9. The van der Waals surface area contributed by atoms with Crippen molar-refractivity contribution < 1.29 is 22.0 Å². The van der Waals surface area contributed by atoms with Crippen LogP contribution in [0.1, 0.15) is 12.1 Å². The highest BCUT2D eigenvalue weighted by molar-refractivity contribution is 5.61. The van der Waals surface area contributed by atoms with E-state index in [9.17, 15) is 22.0 Å². The summed E-state index contributed by atoms with van der Waals surface area (Å²) in [5, 5.41) is 5.55. The Kier molecular flexibility index (Phi) is 4.61. The largest absolute Gasteiger partial charge is 0.395 e. The molecule has 4 heterocycles. The van der Waals surface area contributed by atoms with Crippen LogP contribution in [0.5, 0.6) is 0 Å². The molecule has 6 nitrogen and oxygen atoms in total. The molecule has 2 atom stereocenters. The van der Waals surface area contributed by atoms with Crippen molar-refractivity contribution in [3.8, 4) is 11.4 Å². The Labute approximate surface area is 155 Å². The van der Waals surface area contributed by atoms with Crippen LogP contribution in [0.2, 0.25) is 0 Å². The Morgan fingerprint density at radius 2 is 1.96 bits per heavy atom. The maximum Gasteiger partial charge on any atom is 0.395 e. The molecule has 0 radical (unpaired) electrons. The number of nitrogens with zero attached hydrogens (tertiary/aromatic N) is 4. The Balaban J connectivity index is 1.64. The molecule has 2 N–H and O–H groups in total. The molecule has 1 fully saturated rings. The summed E-state index contributed by atoms with van der Waals surface area (Å²) >= 11 is 0. The number of alkyl halides is 5. The molecule has 28 heavy (non-hydrogen) atoms. The van der Waals surface area contributed by atoms with Crippen molar-refractivity contribution in [3.05, 3.63) is 42.5 Å². The minimum atomic E-state index is -4.32. The molecule has 4 rings (SSSR count). The summed E-state index contributed by atoms with van der Waals surface area (Å²) in [5.41, 5.74) is 0.765. The number of pyridine rings is 1. The number of imidazole rings is 1. The van der Waals surface area contributed by atoms with Crippen molar-refractivity contribution in [2.24, 2.45) is 5.92 Å². The lowest BCUT2D eigenvalue weighted by molar-refractivity contribution is -0.170. The third kappa shape index (κ3) is 3.49. The fourth-order valence-electron chi connectivity index (χ4n) is 3.23. The first-order valence-corrected chi connectivity index (χ1v) is 8.45. The summed E-state index contributed by atoms with van der Waals surface area (Å²) in [5.74, 6) is -1.26. The number of aromatic nitrogens is 4. The van der Waals surface area contributed by atoms with Crippen LogP contribution in [0, 0.1) is 5.92 Å². The zero-order valence-electron chi connectivity index (χ0n) is 14.3. The molecule has 2 unspecified atom stereocenters. The molecule has 3 aromatic rings. The summed E-state index contributed by atoms with van der Waals surface area (Å²) in [7, 11) is 0. The second kappa shape index (κ2) is 6.97. The van der Waals surface area contributed by atoms with Crippen LogP contribution in [0.15, 0.2) is 36.8 Å². The molecular weight excluding hydrogens is 383 g/mol. The van der Waals surface area contributed by atoms with Crippen molar-refractivity contribution in [1.82, 2.24) is 24.7 Å². The van der Waals surface area contributed by atoms with Crippen LogP contribution in [0.3, 0.4) is 0 Å². The molecule has 11 heteroatoms. The maximum atomic E-state index is 13.1. The summed E-state index contributed by atoms with van der Waals surface area (Å²) in [6, 6.07) is 3.97. The van der Waals surface area contributed by atoms with Crippen molar-refractivity contribution in [2.75, 3.05) is 18.4 Å². The minimum absolute atomic E-state index is 0.155. The highest BCUT2D eigenvalue weighted by Gasteiger charge is 2.47.